The Hall–Kier alpha value is -1.68. The fraction of sp³-hybridized carbons (Fsp3) is 0.357. The van der Waals surface area contributed by atoms with Crippen molar-refractivity contribution in [3.63, 3.8) is 0 Å². The van der Waals surface area contributed by atoms with Gasteiger partial charge in [0, 0.05) is 30.4 Å². The van der Waals surface area contributed by atoms with Crippen LogP contribution in [0.3, 0.4) is 0 Å². The topological polar surface area (TPSA) is 40.7 Å². The monoisotopic (exact) mass is 247 g/mol. The molecular weight excluding hydrogens is 229 g/mol. The largest absolute Gasteiger partial charge is 0.349 e. The number of halogens is 1. The highest BCUT2D eigenvalue weighted by Crippen LogP contribution is 2.21. The Morgan fingerprint density at radius 2 is 2.28 bits per heavy atom. The second-order valence-electron chi connectivity index (χ2n) is 4.38. The van der Waals surface area contributed by atoms with E-state index in [0.717, 1.165) is 17.9 Å². The Bertz CT molecular complexity index is 494. The first-order valence-electron chi connectivity index (χ1n) is 6.18. The molecule has 0 spiro atoms. The predicted octanol–water partition coefficient (Wildman–Crippen LogP) is 2.75. The van der Waals surface area contributed by atoms with Crippen molar-refractivity contribution in [1.29, 1.82) is 0 Å². The van der Waals surface area contributed by atoms with E-state index in [1.54, 1.807) is 18.5 Å². The summed E-state index contributed by atoms with van der Waals surface area (Å²) in [6, 6.07) is 5.30. The summed E-state index contributed by atoms with van der Waals surface area (Å²) in [7, 11) is 0. The molecule has 1 heterocycles. The van der Waals surface area contributed by atoms with Gasteiger partial charge in [-0.2, -0.15) is 0 Å². The number of aryl methyl sites for hydroxylation is 1. The summed E-state index contributed by atoms with van der Waals surface area (Å²) in [5.41, 5.74) is 1.63. The molecular formula is C14H18FN3. The van der Waals surface area contributed by atoms with E-state index in [1.807, 2.05) is 26.0 Å². The van der Waals surface area contributed by atoms with Crippen LogP contribution in [0.4, 0.5) is 4.39 Å². The molecule has 0 bridgehead atoms. The second kappa shape index (κ2) is 5.78. The van der Waals surface area contributed by atoms with E-state index in [4.69, 9.17) is 0 Å². The van der Waals surface area contributed by atoms with Crippen molar-refractivity contribution < 1.29 is 4.39 Å². The fourth-order valence-corrected chi connectivity index (χ4v) is 2.06. The van der Waals surface area contributed by atoms with Crippen LogP contribution in [0.15, 0.2) is 30.6 Å². The lowest BCUT2D eigenvalue weighted by atomic mass is 10.0. The van der Waals surface area contributed by atoms with Crippen molar-refractivity contribution >= 4 is 0 Å². The molecule has 2 N–H and O–H groups in total. The van der Waals surface area contributed by atoms with Gasteiger partial charge in [0.15, 0.2) is 0 Å². The lowest BCUT2D eigenvalue weighted by Gasteiger charge is -2.18. The van der Waals surface area contributed by atoms with E-state index in [1.165, 1.54) is 0 Å². The van der Waals surface area contributed by atoms with Crippen LogP contribution in [-0.4, -0.2) is 16.5 Å². The van der Waals surface area contributed by atoms with Crippen molar-refractivity contribution in [3.05, 3.63) is 53.4 Å². The number of benzene rings is 1. The van der Waals surface area contributed by atoms with Crippen LogP contribution in [0.2, 0.25) is 0 Å². The van der Waals surface area contributed by atoms with Gasteiger partial charge in [0.1, 0.15) is 11.6 Å². The summed E-state index contributed by atoms with van der Waals surface area (Å²) in [6.07, 6.45) is 4.15. The minimum Gasteiger partial charge on any atom is -0.349 e. The minimum absolute atomic E-state index is 0.0539. The van der Waals surface area contributed by atoms with E-state index >= 15 is 0 Å². The summed E-state index contributed by atoms with van der Waals surface area (Å²) in [5, 5.41) is 3.30. The minimum atomic E-state index is -0.160. The van der Waals surface area contributed by atoms with Crippen LogP contribution in [0.5, 0.6) is 0 Å². The lowest BCUT2D eigenvalue weighted by molar-refractivity contribution is 0.502. The van der Waals surface area contributed by atoms with E-state index in [2.05, 4.69) is 15.3 Å². The number of aromatic nitrogens is 2. The summed E-state index contributed by atoms with van der Waals surface area (Å²) >= 11 is 0. The highest BCUT2D eigenvalue weighted by atomic mass is 19.1. The summed E-state index contributed by atoms with van der Waals surface area (Å²) in [4.78, 5) is 7.25. The van der Waals surface area contributed by atoms with E-state index in [9.17, 15) is 4.39 Å². The molecule has 0 saturated carbocycles. The number of H-pyrrole nitrogens is 1. The fourth-order valence-electron chi connectivity index (χ4n) is 2.06. The predicted molar refractivity (Wildman–Crippen MR) is 69.8 cm³/mol. The van der Waals surface area contributed by atoms with Crippen molar-refractivity contribution in [2.24, 2.45) is 0 Å². The van der Waals surface area contributed by atoms with Crippen molar-refractivity contribution in [3.8, 4) is 0 Å². The number of likely N-dealkylation sites (N-methyl/N-ethyl adjacent to an activating group) is 1. The summed E-state index contributed by atoms with van der Waals surface area (Å²) in [6.45, 7) is 4.70. The molecule has 96 valence electrons. The Morgan fingerprint density at radius 1 is 1.44 bits per heavy atom. The standard InChI is InChI=1S/C14H18FN3/c1-3-16-13(9-14-17-6-7-18-14)11-5-4-10(2)8-12(11)15/h4-8,13,16H,3,9H2,1-2H3,(H,17,18). The zero-order valence-electron chi connectivity index (χ0n) is 10.7. The highest BCUT2D eigenvalue weighted by molar-refractivity contribution is 5.26. The van der Waals surface area contributed by atoms with E-state index in [0.29, 0.717) is 12.0 Å². The summed E-state index contributed by atoms with van der Waals surface area (Å²) in [5.74, 6) is 0.702. The molecule has 4 heteroatoms. The number of hydrogen-bond donors (Lipinski definition) is 2. The van der Waals surface area contributed by atoms with Gasteiger partial charge in [-0.1, -0.05) is 19.1 Å². The highest BCUT2D eigenvalue weighted by Gasteiger charge is 2.16. The molecule has 0 fully saturated rings. The van der Waals surface area contributed by atoms with Gasteiger partial charge < -0.3 is 10.3 Å². The smallest absolute Gasteiger partial charge is 0.128 e. The average Bonchev–Trinajstić information content (AvgIpc) is 2.81. The van der Waals surface area contributed by atoms with Crippen LogP contribution in [0.1, 0.15) is 29.9 Å². The van der Waals surface area contributed by atoms with E-state index < -0.39 is 0 Å². The Balaban J connectivity index is 2.23. The van der Waals surface area contributed by atoms with Crippen molar-refractivity contribution in [1.82, 2.24) is 15.3 Å². The first-order chi connectivity index (χ1) is 8.70. The molecule has 0 saturated heterocycles. The molecule has 3 nitrogen and oxygen atoms in total. The molecule has 1 unspecified atom stereocenters. The number of aromatic amines is 1. The number of rotatable bonds is 5. The maximum Gasteiger partial charge on any atom is 0.128 e. The molecule has 0 aliphatic carbocycles. The first-order valence-corrected chi connectivity index (χ1v) is 6.18. The van der Waals surface area contributed by atoms with Gasteiger partial charge in [-0.05, 0) is 25.1 Å². The third kappa shape index (κ3) is 2.96. The maximum atomic E-state index is 14.0. The number of nitrogens with one attached hydrogen (secondary N) is 2. The van der Waals surface area contributed by atoms with Gasteiger partial charge >= 0.3 is 0 Å². The van der Waals surface area contributed by atoms with Crippen molar-refractivity contribution in [2.75, 3.05) is 6.54 Å². The van der Waals surface area contributed by atoms with Gasteiger partial charge in [-0.3, -0.25) is 0 Å². The average molecular weight is 247 g/mol. The molecule has 1 atom stereocenters. The van der Waals surface area contributed by atoms with Gasteiger partial charge in [0.05, 0.1) is 0 Å². The third-order valence-electron chi connectivity index (χ3n) is 2.93. The van der Waals surface area contributed by atoms with Crippen LogP contribution >= 0.6 is 0 Å². The summed E-state index contributed by atoms with van der Waals surface area (Å²) < 4.78 is 14.0. The molecule has 0 aliphatic heterocycles. The molecule has 0 aliphatic rings. The third-order valence-corrected chi connectivity index (χ3v) is 2.93. The van der Waals surface area contributed by atoms with Gasteiger partial charge in [0.2, 0.25) is 0 Å². The molecule has 0 amide bonds. The normalized spacial score (nSPS) is 12.6. The van der Waals surface area contributed by atoms with Crippen LogP contribution < -0.4 is 5.32 Å². The van der Waals surface area contributed by atoms with Crippen LogP contribution in [0.25, 0.3) is 0 Å². The zero-order valence-corrected chi connectivity index (χ0v) is 10.7. The number of imidazole rings is 1. The Morgan fingerprint density at radius 3 is 2.89 bits per heavy atom. The SMILES string of the molecule is CCNC(Cc1ncc[nH]1)c1ccc(C)cc1F. The zero-order chi connectivity index (χ0) is 13.0. The van der Waals surface area contributed by atoms with Gasteiger partial charge in [-0.15, -0.1) is 0 Å². The molecule has 1 aromatic carbocycles. The number of hydrogen-bond acceptors (Lipinski definition) is 2. The maximum absolute atomic E-state index is 14.0. The van der Waals surface area contributed by atoms with Gasteiger partial charge in [-0.25, -0.2) is 9.37 Å². The van der Waals surface area contributed by atoms with Crippen LogP contribution in [0, 0.1) is 12.7 Å². The Kier molecular flexibility index (Phi) is 4.10. The van der Waals surface area contributed by atoms with Crippen LogP contribution in [-0.2, 0) is 6.42 Å². The van der Waals surface area contributed by atoms with Gasteiger partial charge in [0.25, 0.3) is 0 Å². The quantitative estimate of drug-likeness (QED) is 0.853. The molecule has 1 aromatic heterocycles. The molecule has 2 aromatic rings. The lowest BCUT2D eigenvalue weighted by Crippen LogP contribution is -2.24. The second-order valence-corrected chi connectivity index (χ2v) is 4.38. The molecule has 0 radical (unpaired) electrons. The Labute approximate surface area is 106 Å². The molecule has 2 rings (SSSR count). The molecule has 18 heavy (non-hydrogen) atoms. The van der Waals surface area contributed by atoms with Crippen molar-refractivity contribution in [2.45, 2.75) is 26.3 Å². The van der Waals surface area contributed by atoms with E-state index in [-0.39, 0.29) is 11.9 Å². The number of nitrogens with zero attached hydrogens (tertiary/aromatic N) is 1. The first kappa shape index (κ1) is 12.8.